The van der Waals surface area contributed by atoms with Crippen LogP contribution >= 0.6 is 11.8 Å². The topological polar surface area (TPSA) is 119 Å². The van der Waals surface area contributed by atoms with Crippen LogP contribution in [0.5, 0.6) is 0 Å². The molecule has 2 atom stereocenters. The molecule has 0 saturated heterocycles. The van der Waals surface area contributed by atoms with E-state index in [2.05, 4.69) is 10.5 Å². The molecule has 28 heavy (non-hydrogen) atoms. The predicted octanol–water partition coefficient (Wildman–Crippen LogP) is 3.17. The van der Waals surface area contributed by atoms with Crippen molar-refractivity contribution in [3.8, 4) is 0 Å². The summed E-state index contributed by atoms with van der Waals surface area (Å²) in [5, 5.41) is 16.8. The number of anilines is 1. The van der Waals surface area contributed by atoms with E-state index in [4.69, 9.17) is 4.52 Å². The fourth-order valence-electron chi connectivity index (χ4n) is 2.36. The van der Waals surface area contributed by atoms with Gasteiger partial charge in [0.1, 0.15) is 5.76 Å². The van der Waals surface area contributed by atoms with Crippen LogP contribution in [0.15, 0.2) is 34.9 Å². The van der Waals surface area contributed by atoms with Gasteiger partial charge in [-0.25, -0.2) is 0 Å². The summed E-state index contributed by atoms with van der Waals surface area (Å²) in [4.78, 5) is 36.6. The summed E-state index contributed by atoms with van der Waals surface area (Å²) in [7, 11) is 1.63. The molecule has 1 N–H and O–H groups in total. The Hall–Kier alpha value is -2.88. The second kappa shape index (κ2) is 9.36. The Kier molecular flexibility index (Phi) is 7.16. The van der Waals surface area contributed by atoms with E-state index < -0.39 is 10.2 Å². The average Bonchev–Trinajstić information content (AvgIpc) is 3.09. The number of rotatable bonds is 8. The van der Waals surface area contributed by atoms with E-state index in [0.29, 0.717) is 17.1 Å². The van der Waals surface area contributed by atoms with Crippen molar-refractivity contribution in [2.45, 2.75) is 32.1 Å². The standard InChI is InChI=1S/C18H22N4O5S/c1-11-8-16(20-27-11)19-18(24)13(3)28-10-17(23)21(4)12(2)14-6-5-7-15(9-14)22(25)26/h5-9,12-13H,10H2,1-4H3,(H,19,20,24)/t12-,13+/m1/s1. The van der Waals surface area contributed by atoms with Crippen LogP contribution in [0, 0.1) is 17.0 Å². The predicted molar refractivity (Wildman–Crippen MR) is 106 cm³/mol. The molecule has 1 heterocycles. The number of nitrogens with one attached hydrogen (secondary N) is 1. The Bertz CT molecular complexity index is 869. The molecule has 0 aliphatic rings. The van der Waals surface area contributed by atoms with Crippen molar-refractivity contribution in [3.63, 3.8) is 0 Å². The van der Waals surface area contributed by atoms with Gasteiger partial charge in [0.05, 0.1) is 22.0 Å². The Morgan fingerprint density at radius 2 is 2.07 bits per heavy atom. The maximum absolute atomic E-state index is 12.5. The average molecular weight is 406 g/mol. The minimum absolute atomic E-state index is 0.0204. The van der Waals surface area contributed by atoms with Crippen LogP contribution in [-0.4, -0.2) is 44.8 Å². The summed E-state index contributed by atoms with van der Waals surface area (Å²) in [6.45, 7) is 5.22. The molecule has 9 nitrogen and oxygen atoms in total. The van der Waals surface area contributed by atoms with E-state index in [1.54, 1.807) is 46.0 Å². The van der Waals surface area contributed by atoms with Crippen LogP contribution in [0.1, 0.15) is 31.2 Å². The van der Waals surface area contributed by atoms with Crippen LogP contribution in [-0.2, 0) is 9.59 Å². The lowest BCUT2D eigenvalue weighted by Gasteiger charge is -2.25. The molecule has 2 rings (SSSR count). The summed E-state index contributed by atoms with van der Waals surface area (Å²) < 4.78 is 4.89. The molecule has 0 aliphatic carbocycles. The number of hydrogen-bond donors (Lipinski definition) is 1. The number of hydrogen-bond acceptors (Lipinski definition) is 7. The largest absolute Gasteiger partial charge is 0.360 e. The van der Waals surface area contributed by atoms with Gasteiger partial charge in [0.2, 0.25) is 11.8 Å². The number of aromatic nitrogens is 1. The Morgan fingerprint density at radius 3 is 2.68 bits per heavy atom. The maximum atomic E-state index is 12.5. The SMILES string of the molecule is Cc1cc(NC(=O)[C@H](C)SCC(=O)N(C)[C@H](C)c2cccc([N+](=O)[O-])c2)no1. The van der Waals surface area contributed by atoms with Gasteiger partial charge in [0.25, 0.3) is 5.69 Å². The number of amides is 2. The van der Waals surface area contributed by atoms with E-state index >= 15 is 0 Å². The minimum atomic E-state index is -0.470. The molecule has 2 amide bonds. The molecule has 0 fully saturated rings. The molecule has 1 aromatic heterocycles. The first-order chi connectivity index (χ1) is 13.2. The van der Waals surface area contributed by atoms with Crippen LogP contribution < -0.4 is 5.32 Å². The van der Waals surface area contributed by atoms with E-state index in [1.807, 2.05) is 0 Å². The highest BCUT2D eigenvalue weighted by molar-refractivity contribution is 8.01. The monoisotopic (exact) mass is 406 g/mol. The third-order valence-electron chi connectivity index (χ3n) is 4.24. The molecule has 0 spiro atoms. The number of thioether (sulfide) groups is 1. The van der Waals surface area contributed by atoms with Gasteiger partial charge in [-0.3, -0.25) is 19.7 Å². The van der Waals surface area contributed by atoms with Gasteiger partial charge in [0.15, 0.2) is 5.82 Å². The fraction of sp³-hybridized carbons (Fsp3) is 0.389. The number of carbonyl (C=O) groups is 2. The highest BCUT2D eigenvalue weighted by Crippen LogP contribution is 2.24. The molecule has 0 radical (unpaired) electrons. The number of nitro groups is 1. The van der Waals surface area contributed by atoms with Gasteiger partial charge >= 0.3 is 0 Å². The lowest BCUT2D eigenvalue weighted by Crippen LogP contribution is -2.32. The van der Waals surface area contributed by atoms with Gasteiger partial charge in [-0.1, -0.05) is 17.3 Å². The molecule has 2 aromatic rings. The van der Waals surface area contributed by atoms with Crippen molar-refractivity contribution >= 4 is 35.1 Å². The van der Waals surface area contributed by atoms with Crippen molar-refractivity contribution in [3.05, 3.63) is 51.8 Å². The number of nitro benzene ring substituents is 1. The van der Waals surface area contributed by atoms with E-state index in [9.17, 15) is 19.7 Å². The lowest BCUT2D eigenvalue weighted by atomic mass is 10.1. The molecule has 0 unspecified atom stereocenters. The Labute approximate surface area is 166 Å². The second-order valence-electron chi connectivity index (χ2n) is 6.30. The van der Waals surface area contributed by atoms with Crippen molar-refractivity contribution in [1.82, 2.24) is 10.1 Å². The van der Waals surface area contributed by atoms with Crippen LogP contribution in [0.25, 0.3) is 0 Å². The van der Waals surface area contributed by atoms with Gasteiger partial charge in [-0.2, -0.15) is 0 Å². The molecule has 10 heteroatoms. The first kappa shape index (κ1) is 21.4. The second-order valence-corrected chi connectivity index (χ2v) is 7.63. The van der Waals surface area contributed by atoms with Crippen LogP contribution in [0.2, 0.25) is 0 Å². The summed E-state index contributed by atoms with van der Waals surface area (Å²) in [5.74, 6) is 0.559. The summed E-state index contributed by atoms with van der Waals surface area (Å²) in [5.41, 5.74) is 0.648. The third kappa shape index (κ3) is 5.56. The third-order valence-corrected chi connectivity index (χ3v) is 5.37. The summed E-state index contributed by atoms with van der Waals surface area (Å²) in [6.07, 6.45) is 0. The van der Waals surface area contributed by atoms with E-state index in [0.717, 1.165) is 0 Å². The Morgan fingerprint density at radius 1 is 1.36 bits per heavy atom. The number of nitrogens with zero attached hydrogens (tertiary/aromatic N) is 3. The fourth-order valence-corrected chi connectivity index (χ4v) is 3.17. The highest BCUT2D eigenvalue weighted by Gasteiger charge is 2.22. The molecule has 0 bridgehead atoms. The number of benzene rings is 1. The van der Waals surface area contributed by atoms with Gasteiger partial charge < -0.3 is 14.7 Å². The summed E-state index contributed by atoms with van der Waals surface area (Å²) >= 11 is 1.20. The Balaban J connectivity index is 1.89. The van der Waals surface area contributed by atoms with Crippen LogP contribution in [0.4, 0.5) is 11.5 Å². The lowest BCUT2D eigenvalue weighted by molar-refractivity contribution is -0.384. The molecule has 1 aromatic carbocycles. The zero-order valence-electron chi connectivity index (χ0n) is 16.0. The first-order valence-corrected chi connectivity index (χ1v) is 9.59. The van der Waals surface area contributed by atoms with Crippen molar-refractivity contribution in [2.24, 2.45) is 0 Å². The molecule has 150 valence electrons. The van der Waals surface area contributed by atoms with E-state index in [1.165, 1.54) is 28.8 Å². The normalized spacial score (nSPS) is 12.9. The molecule has 0 saturated carbocycles. The number of non-ortho nitro benzene ring substituents is 1. The highest BCUT2D eigenvalue weighted by atomic mass is 32.2. The molecule has 0 aliphatic heterocycles. The maximum Gasteiger partial charge on any atom is 0.269 e. The minimum Gasteiger partial charge on any atom is -0.360 e. The zero-order valence-corrected chi connectivity index (χ0v) is 16.9. The quantitative estimate of drug-likeness (QED) is 0.528. The van der Waals surface area contributed by atoms with Crippen molar-refractivity contribution < 1.29 is 19.0 Å². The summed E-state index contributed by atoms with van der Waals surface area (Å²) in [6, 6.07) is 7.46. The van der Waals surface area contributed by atoms with Gasteiger partial charge in [-0.05, 0) is 26.3 Å². The van der Waals surface area contributed by atoms with Crippen molar-refractivity contribution in [2.75, 3.05) is 18.1 Å². The number of carbonyl (C=O) groups excluding carboxylic acids is 2. The number of aryl methyl sites for hydroxylation is 1. The smallest absolute Gasteiger partial charge is 0.269 e. The van der Waals surface area contributed by atoms with Gasteiger partial charge in [-0.15, -0.1) is 11.8 Å². The molecular weight excluding hydrogens is 384 g/mol. The van der Waals surface area contributed by atoms with Crippen LogP contribution in [0.3, 0.4) is 0 Å². The van der Waals surface area contributed by atoms with E-state index in [-0.39, 0.29) is 29.3 Å². The zero-order chi connectivity index (χ0) is 20.8. The first-order valence-electron chi connectivity index (χ1n) is 8.55. The van der Waals surface area contributed by atoms with Crippen molar-refractivity contribution in [1.29, 1.82) is 0 Å². The van der Waals surface area contributed by atoms with Gasteiger partial charge in [0, 0.05) is 25.2 Å². The molecular formula is C18H22N4O5S.